The molecule has 0 unspecified atom stereocenters. The number of aliphatic hydroxyl groups excluding tert-OH is 1. The summed E-state index contributed by atoms with van der Waals surface area (Å²) in [6, 6.07) is 4.64. The van der Waals surface area contributed by atoms with E-state index in [2.05, 4.69) is 29.1 Å². The normalized spacial score (nSPS) is 11.8. The first kappa shape index (κ1) is 33.5. The predicted molar refractivity (Wildman–Crippen MR) is 157 cm³/mol. The molecule has 0 atom stereocenters. The molecule has 0 aliphatic carbocycles. The number of carbonyl (C=O) groups excluding carboxylic acids is 1. The maximum Gasteiger partial charge on any atom is 0.251 e. The van der Waals surface area contributed by atoms with Crippen LogP contribution >= 0.6 is 11.6 Å². The number of hydrogen-bond acceptors (Lipinski definition) is 4. The summed E-state index contributed by atoms with van der Waals surface area (Å²) in [6.07, 6.45) is 22.4. The van der Waals surface area contributed by atoms with E-state index < -0.39 is 10.0 Å². The van der Waals surface area contributed by atoms with E-state index in [0.717, 1.165) is 19.3 Å². The number of unbranched alkanes of at least 4 members (excludes halogenated alkanes) is 12. The molecule has 1 rings (SSSR count). The predicted octanol–water partition coefficient (Wildman–Crippen LogP) is 7.32. The van der Waals surface area contributed by atoms with Crippen molar-refractivity contribution in [3.8, 4) is 0 Å². The van der Waals surface area contributed by atoms with E-state index in [4.69, 9.17) is 11.6 Å². The number of amides is 1. The van der Waals surface area contributed by atoms with E-state index in [-0.39, 0.29) is 29.8 Å². The molecular weight excluding hydrogens is 508 g/mol. The number of aliphatic hydroxyl groups is 1. The van der Waals surface area contributed by atoms with Crippen LogP contribution < -0.4 is 10.0 Å². The Morgan fingerprint density at radius 2 is 1.49 bits per heavy atom. The summed E-state index contributed by atoms with van der Waals surface area (Å²) in [5.74, 6) is -0.126. The molecular formula is C29H49ClN2O4S. The third-order valence-electron chi connectivity index (χ3n) is 6.33. The smallest absolute Gasteiger partial charge is 0.251 e. The number of anilines is 1. The first-order valence-corrected chi connectivity index (χ1v) is 16.4. The van der Waals surface area contributed by atoms with Crippen molar-refractivity contribution in [1.82, 2.24) is 5.32 Å². The highest BCUT2D eigenvalue weighted by atomic mass is 35.5. The molecule has 1 aromatic rings. The van der Waals surface area contributed by atoms with Crippen LogP contribution in [-0.2, 0) is 16.6 Å². The highest BCUT2D eigenvalue weighted by molar-refractivity contribution is 7.92. The van der Waals surface area contributed by atoms with Crippen LogP contribution in [0.3, 0.4) is 0 Å². The number of halogens is 1. The van der Waals surface area contributed by atoms with Gasteiger partial charge in [0.15, 0.2) is 0 Å². The zero-order chi connectivity index (χ0) is 27.2. The molecule has 37 heavy (non-hydrogen) atoms. The molecule has 0 fully saturated rings. The zero-order valence-electron chi connectivity index (χ0n) is 22.8. The highest BCUT2D eigenvalue weighted by Crippen LogP contribution is 2.20. The first-order valence-electron chi connectivity index (χ1n) is 14.2. The maximum atomic E-state index is 12.5. The number of nitrogens with one attached hydrogen (secondary N) is 2. The van der Waals surface area contributed by atoms with Gasteiger partial charge in [-0.1, -0.05) is 82.9 Å². The van der Waals surface area contributed by atoms with Gasteiger partial charge in [-0.05, 0) is 50.7 Å². The first-order chi connectivity index (χ1) is 17.9. The standard InChI is InChI=1S/C29H49ClN2O4S/c1-2-3-4-5-6-7-8-9-10-11-12-13-14-15-16-17-22-31-29(34)26-19-20-27(25-33)28(24-26)32-37(35,36)23-18-21-30/h9-10,19-20,24,32-33H,2-8,11-18,21-23,25H2,1H3,(H,31,34)/b10-9-. The fourth-order valence-corrected chi connectivity index (χ4v) is 5.53. The molecule has 0 aromatic heterocycles. The van der Waals surface area contributed by atoms with Gasteiger partial charge in [-0.2, -0.15) is 0 Å². The summed E-state index contributed by atoms with van der Waals surface area (Å²) in [4.78, 5) is 12.5. The molecule has 212 valence electrons. The Kier molecular flexibility index (Phi) is 19.3. The molecule has 0 heterocycles. The summed E-state index contributed by atoms with van der Waals surface area (Å²) in [7, 11) is -3.60. The topological polar surface area (TPSA) is 95.5 Å². The van der Waals surface area contributed by atoms with Crippen molar-refractivity contribution in [2.75, 3.05) is 22.9 Å². The monoisotopic (exact) mass is 556 g/mol. The van der Waals surface area contributed by atoms with E-state index in [9.17, 15) is 18.3 Å². The van der Waals surface area contributed by atoms with Crippen molar-refractivity contribution in [3.05, 3.63) is 41.5 Å². The molecule has 6 nitrogen and oxygen atoms in total. The largest absolute Gasteiger partial charge is 0.392 e. The Bertz CT molecular complexity index is 875. The lowest BCUT2D eigenvalue weighted by atomic mass is 10.1. The Labute approximate surface area is 230 Å². The third-order valence-corrected chi connectivity index (χ3v) is 7.95. The summed E-state index contributed by atoms with van der Waals surface area (Å²) in [5, 5.41) is 12.4. The van der Waals surface area contributed by atoms with Gasteiger partial charge >= 0.3 is 0 Å². The molecule has 0 saturated carbocycles. The molecule has 8 heteroatoms. The number of sulfonamides is 1. The van der Waals surface area contributed by atoms with Crippen molar-refractivity contribution >= 4 is 33.2 Å². The van der Waals surface area contributed by atoms with E-state index in [1.807, 2.05) is 0 Å². The van der Waals surface area contributed by atoms with Crippen LogP contribution in [0.5, 0.6) is 0 Å². The van der Waals surface area contributed by atoms with Crippen molar-refractivity contribution in [2.24, 2.45) is 0 Å². The van der Waals surface area contributed by atoms with Gasteiger partial charge in [-0.25, -0.2) is 8.42 Å². The van der Waals surface area contributed by atoms with E-state index >= 15 is 0 Å². The second-order valence-corrected chi connectivity index (χ2v) is 11.9. The average molecular weight is 557 g/mol. The van der Waals surface area contributed by atoms with Gasteiger partial charge in [0.25, 0.3) is 5.91 Å². The lowest BCUT2D eigenvalue weighted by Gasteiger charge is -2.13. The van der Waals surface area contributed by atoms with Gasteiger partial charge in [0.05, 0.1) is 18.0 Å². The molecule has 0 saturated heterocycles. The number of hydrogen-bond donors (Lipinski definition) is 3. The van der Waals surface area contributed by atoms with Crippen LogP contribution in [0.1, 0.15) is 119 Å². The maximum absolute atomic E-state index is 12.5. The summed E-state index contributed by atoms with van der Waals surface area (Å²) in [6.45, 7) is 2.51. The lowest BCUT2D eigenvalue weighted by Crippen LogP contribution is -2.25. The van der Waals surface area contributed by atoms with Crippen molar-refractivity contribution in [3.63, 3.8) is 0 Å². The van der Waals surface area contributed by atoms with E-state index in [1.54, 1.807) is 12.1 Å². The highest BCUT2D eigenvalue weighted by Gasteiger charge is 2.15. The number of rotatable bonds is 23. The van der Waals surface area contributed by atoms with E-state index in [0.29, 0.717) is 24.1 Å². The minimum absolute atomic E-state index is 0.117. The summed E-state index contributed by atoms with van der Waals surface area (Å²) < 4.78 is 26.9. The third kappa shape index (κ3) is 16.8. The van der Waals surface area contributed by atoms with Gasteiger partial charge in [-0.15, -0.1) is 11.6 Å². The molecule has 0 spiro atoms. The van der Waals surface area contributed by atoms with Gasteiger partial charge in [0, 0.05) is 23.6 Å². The van der Waals surface area contributed by atoms with Gasteiger partial charge in [0.2, 0.25) is 10.0 Å². The number of carbonyl (C=O) groups is 1. The second-order valence-electron chi connectivity index (χ2n) is 9.69. The van der Waals surface area contributed by atoms with Gasteiger partial charge in [-0.3, -0.25) is 9.52 Å². The minimum Gasteiger partial charge on any atom is -0.392 e. The van der Waals surface area contributed by atoms with Crippen LogP contribution in [0.15, 0.2) is 30.4 Å². The van der Waals surface area contributed by atoms with Crippen LogP contribution in [0.2, 0.25) is 0 Å². The van der Waals surface area contributed by atoms with Crippen LogP contribution in [-0.4, -0.2) is 37.6 Å². The minimum atomic E-state index is -3.60. The van der Waals surface area contributed by atoms with E-state index in [1.165, 1.54) is 76.7 Å². The Balaban J connectivity index is 2.18. The van der Waals surface area contributed by atoms with Crippen molar-refractivity contribution in [1.29, 1.82) is 0 Å². The quantitative estimate of drug-likeness (QED) is 0.0747. The Morgan fingerprint density at radius 3 is 2.08 bits per heavy atom. The number of alkyl halides is 1. The number of allylic oxidation sites excluding steroid dienone is 2. The fraction of sp³-hybridized carbons (Fsp3) is 0.690. The van der Waals surface area contributed by atoms with Gasteiger partial charge < -0.3 is 10.4 Å². The Hall–Kier alpha value is -1.57. The molecule has 1 amide bonds. The average Bonchev–Trinajstić information content (AvgIpc) is 2.89. The van der Waals surface area contributed by atoms with Crippen molar-refractivity contribution in [2.45, 2.75) is 110 Å². The molecule has 0 aliphatic heterocycles. The SMILES string of the molecule is CCCCCCCC/C=C\CCCCCCCCNC(=O)c1ccc(CO)c(NS(=O)(=O)CCCCl)c1. The molecule has 0 aliphatic rings. The molecule has 0 bridgehead atoms. The van der Waals surface area contributed by atoms with Crippen LogP contribution in [0, 0.1) is 0 Å². The second kappa shape index (κ2) is 21.4. The molecule has 1 aromatic carbocycles. The van der Waals surface area contributed by atoms with Crippen molar-refractivity contribution < 1.29 is 18.3 Å². The zero-order valence-corrected chi connectivity index (χ0v) is 24.4. The van der Waals surface area contributed by atoms with Crippen LogP contribution in [0.4, 0.5) is 5.69 Å². The summed E-state index contributed by atoms with van der Waals surface area (Å²) >= 11 is 5.59. The van der Waals surface area contributed by atoms with Gasteiger partial charge in [0.1, 0.15) is 0 Å². The lowest BCUT2D eigenvalue weighted by molar-refractivity contribution is 0.0953. The van der Waals surface area contributed by atoms with Crippen LogP contribution in [0.25, 0.3) is 0 Å². The molecule has 3 N–H and O–H groups in total. The summed E-state index contributed by atoms with van der Waals surface area (Å²) in [5.41, 5.74) is 0.998. The fourth-order valence-electron chi connectivity index (χ4n) is 4.09. The molecule has 0 radical (unpaired) electrons. The number of benzene rings is 1. The Morgan fingerprint density at radius 1 is 0.892 bits per heavy atom.